The molecule has 4 saturated carbocycles. The van der Waals surface area contributed by atoms with Gasteiger partial charge in [-0.2, -0.15) is 0 Å². The fourth-order valence-electron chi connectivity index (χ4n) is 17.1. The summed E-state index contributed by atoms with van der Waals surface area (Å²) in [5.74, 6) is 4.18. The molecular formula is C70H63NO. The zero-order chi connectivity index (χ0) is 48.3. The van der Waals surface area contributed by atoms with Gasteiger partial charge in [0.2, 0.25) is 0 Å². The molecular weight excluding hydrogens is 871 g/mol. The average Bonchev–Trinajstić information content (AvgIpc) is 3.67. The molecule has 8 aromatic rings. The van der Waals surface area contributed by atoms with E-state index in [0.717, 1.165) is 17.6 Å². The third-order valence-corrected chi connectivity index (χ3v) is 20.4. The minimum Gasteiger partial charge on any atom is -0.489 e. The van der Waals surface area contributed by atoms with Gasteiger partial charge in [0.1, 0.15) is 11.9 Å². The maximum absolute atomic E-state index is 7.10. The van der Waals surface area contributed by atoms with Crippen LogP contribution in [0.25, 0.3) is 55.8 Å². The maximum Gasteiger partial charge on any atom is 0.126 e. The number of allylic oxidation sites excluding steroid dienone is 2. The Morgan fingerprint density at radius 3 is 1.94 bits per heavy atom. The highest BCUT2D eigenvalue weighted by Gasteiger charge is 2.75. The number of anilines is 3. The quantitative estimate of drug-likeness (QED) is 0.165. The molecule has 1 aliphatic heterocycles. The Labute approximate surface area is 426 Å². The number of ether oxygens (including phenoxy) is 1. The minimum absolute atomic E-state index is 0.0132. The van der Waals surface area contributed by atoms with Gasteiger partial charge < -0.3 is 9.64 Å². The molecule has 0 amide bonds. The van der Waals surface area contributed by atoms with E-state index in [2.05, 4.69) is 234 Å². The van der Waals surface area contributed by atoms with Crippen LogP contribution in [0.3, 0.4) is 0 Å². The molecule has 72 heavy (non-hydrogen) atoms. The number of para-hydroxylation sites is 1. The van der Waals surface area contributed by atoms with Crippen LogP contribution in [0, 0.1) is 40.4 Å². The van der Waals surface area contributed by atoms with E-state index >= 15 is 0 Å². The molecule has 4 bridgehead atoms. The smallest absolute Gasteiger partial charge is 0.126 e. The van der Waals surface area contributed by atoms with Crippen molar-refractivity contribution < 1.29 is 4.74 Å². The van der Waals surface area contributed by atoms with Crippen molar-refractivity contribution >= 4 is 39.5 Å². The molecule has 0 N–H and O–H groups in total. The van der Waals surface area contributed by atoms with Crippen LogP contribution in [-0.4, -0.2) is 6.10 Å². The predicted molar refractivity (Wildman–Crippen MR) is 299 cm³/mol. The van der Waals surface area contributed by atoms with Gasteiger partial charge in [0.15, 0.2) is 0 Å². The molecule has 2 unspecified atom stereocenters. The fraction of sp³-hybridized carbons (Fsp3) is 0.286. The van der Waals surface area contributed by atoms with Gasteiger partial charge in [-0.1, -0.05) is 173 Å². The van der Waals surface area contributed by atoms with E-state index in [0.29, 0.717) is 11.8 Å². The summed E-state index contributed by atoms with van der Waals surface area (Å²) in [5, 5.41) is 2.51. The number of nitrogens with zero attached hydrogens (tertiary/aromatic N) is 1. The van der Waals surface area contributed by atoms with Crippen molar-refractivity contribution in [3.63, 3.8) is 0 Å². The molecule has 2 nitrogen and oxygen atoms in total. The summed E-state index contributed by atoms with van der Waals surface area (Å²) >= 11 is 0. The Bertz CT molecular complexity index is 3580. The molecule has 0 radical (unpaired) electrons. The first-order valence-electron chi connectivity index (χ1n) is 27.1. The second-order valence-electron chi connectivity index (χ2n) is 24.1. The monoisotopic (exact) mass is 933 g/mol. The summed E-state index contributed by atoms with van der Waals surface area (Å²) in [7, 11) is 0. The number of hydrogen-bond donors (Lipinski definition) is 0. The van der Waals surface area contributed by atoms with Crippen LogP contribution in [0.2, 0.25) is 0 Å². The minimum atomic E-state index is -0.240. The third-order valence-electron chi connectivity index (χ3n) is 20.4. The van der Waals surface area contributed by atoms with Crippen LogP contribution in [0.5, 0.6) is 5.75 Å². The standard InChI is InChI=1S/C70H63NO/c1-43-68(4,32-31-49-18-11-14-22-64(49)72-43)65-42-61-66-62(70(69(61,65)5)53-34-44-33-45(36-53)37-54(70)35-44)40-52(51-26-30-58-57-20-12-13-21-59(57)67(2,3)60(58)39-51)41-63(66)71(56-29-25-47-17-9-10-19-50(47)38-56)55-27-23-48(24-28-55)46-15-7-6-8-16-46/h6-32,38-45,53-54,65H,33-37H2,1-5H3/t43-,44?,45?,53?,54?,65?,68-,69?,70?/m1/s1. The number of hydrogen-bond acceptors (Lipinski definition) is 2. The molecule has 2 heteroatoms. The Kier molecular flexibility index (Phi) is 8.95. The normalized spacial score (nSPS) is 29.3. The van der Waals surface area contributed by atoms with Crippen molar-refractivity contribution in [3.8, 4) is 39.1 Å². The first kappa shape index (κ1) is 42.8. The lowest BCUT2D eigenvalue weighted by Gasteiger charge is -2.70. The largest absolute Gasteiger partial charge is 0.489 e. The van der Waals surface area contributed by atoms with Crippen LogP contribution in [0.15, 0.2) is 188 Å². The second-order valence-corrected chi connectivity index (χ2v) is 24.1. The van der Waals surface area contributed by atoms with Crippen LogP contribution in [-0.2, 0) is 10.8 Å². The Morgan fingerprint density at radius 2 is 1.15 bits per heavy atom. The molecule has 354 valence electrons. The van der Waals surface area contributed by atoms with E-state index in [4.69, 9.17) is 4.74 Å². The molecule has 0 saturated heterocycles. The predicted octanol–water partition coefficient (Wildman–Crippen LogP) is 18.2. The molecule has 0 aromatic heterocycles. The zero-order valence-corrected chi connectivity index (χ0v) is 42.3. The van der Waals surface area contributed by atoms with E-state index in [1.807, 2.05) is 0 Å². The van der Waals surface area contributed by atoms with Crippen molar-refractivity contribution in [2.24, 2.45) is 40.4 Å². The van der Waals surface area contributed by atoms with E-state index in [-0.39, 0.29) is 33.7 Å². The van der Waals surface area contributed by atoms with E-state index < -0.39 is 0 Å². The van der Waals surface area contributed by atoms with Crippen molar-refractivity contribution in [1.29, 1.82) is 0 Å². The lowest BCUT2D eigenvalue weighted by atomic mass is 9.33. The highest BCUT2D eigenvalue weighted by Crippen LogP contribution is 2.82. The van der Waals surface area contributed by atoms with Crippen molar-refractivity contribution in [2.75, 3.05) is 4.90 Å². The SMILES string of the molecule is C[C@H]1Oc2ccccc2C=C[C@@]1(C)C1C=C2c3c(N(c4ccc(-c5ccccc5)cc4)c4ccc5ccccc5c4)cc(-c4ccc5c(c4)C(C)(C)c4ccccc4-5)cc3C3(C4CC5CC(C4)CC3C5)C21C. The summed E-state index contributed by atoms with van der Waals surface area (Å²) in [6, 6.07) is 66.9. The number of benzene rings is 8. The van der Waals surface area contributed by atoms with Crippen LogP contribution in [0.4, 0.5) is 17.1 Å². The van der Waals surface area contributed by atoms with Gasteiger partial charge in [-0.25, -0.2) is 0 Å². The van der Waals surface area contributed by atoms with Crippen molar-refractivity contribution in [3.05, 3.63) is 216 Å². The highest BCUT2D eigenvalue weighted by atomic mass is 16.5. The number of fused-ring (bicyclic) bond motifs is 8. The molecule has 8 aromatic carbocycles. The lowest BCUT2D eigenvalue weighted by Crippen LogP contribution is -2.66. The van der Waals surface area contributed by atoms with E-state index in [1.54, 1.807) is 11.1 Å². The van der Waals surface area contributed by atoms with Crippen LogP contribution < -0.4 is 9.64 Å². The topological polar surface area (TPSA) is 12.5 Å². The van der Waals surface area contributed by atoms with Gasteiger partial charge in [0.25, 0.3) is 0 Å². The van der Waals surface area contributed by atoms with Crippen molar-refractivity contribution in [2.45, 2.75) is 83.7 Å². The van der Waals surface area contributed by atoms with E-state index in [9.17, 15) is 0 Å². The Balaban J connectivity index is 1.01. The Hall–Kier alpha value is -6.90. The van der Waals surface area contributed by atoms with Gasteiger partial charge in [0, 0.05) is 50.1 Å². The first-order chi connectivity index (χ1) is 35.0. The molecule has 4 atom stereocenters. The molecule has 7 aliphatic carbocycles. The molecule has 16 rings (SSSR count). The molecule has 8 aliphatic rings. The zero-order valence-electron chi connectivity index (χ0n) is 42.3. The summed E-state index contributed by atoms with van der Waals surface area (Å²) in [4.78, 5) is 2.65. The third kappa shape index (κ3) is 5.67. The van der Waals surface area contributed by atoms with E-state index in [1.165, 1.54) is 116 Å². The lowest BCUT2D eigenvalue weighted by molar-refractivity contribution is -0.130. The molecule has 1 spiro atoms. The van der Waals surface area contributed by atoms with Gasteiger partial charge in [-0.15, -0.1) is 0 Å². The average molecular weight is 934 g/mol. The fourth-order valence-corrected chi connectivity index (χ4v) is 17.1. The summed E-state index contributed by atoms with van der Waals surface area (Å²) in [6.45, 7) is 12.5. The highest BCUT2D eigenvalue weighted by molar-refractivity contribution is 6.00. The van der Waals surface area contributed by atoms with Crippen LogP contribution >= 0.6 is 0 Å². The summed E-state index contributed by atoms with van der Waals surface area (Å²) in [6.07, 6.45) is 14.5. The van der Waals surface area contributed by atoms with Gasteiger partial charge in [-0.05, 0) is 178 Å². The first-order valence-corrected chi connectivity index (χ1v) is 27.1. The van der Waals surface area contributed by atoms with Gasteiger partial charge >= 0.3 is 0 Å². The summed E-state index contributed by atoms with van der Waals surface area (Å²) < 4.78 is 7.10. The Morgan fingerprint density at radius 1 is 0.514 bits per heavy atom. The maximum atomic E-state index is 7.10. The second kappa shape index (κ2) is 15.1. The number of rotatable bonds is 6. The molecule has 1 heterocycles. The molecule has 4 fully saturated rings. The summed E-state index contributed by atoms with van der Waals surface area (Å²) in [5.41, 5.74) is 19.7. The van der Waals surface area contributed by atoms with Crippen molar-refractivity contribution in [1.82, 2.24) is 0 Å². The van der Waals surface area contributed by atoms with Gasteiger partial charge in [-0.3, -0.25) is 0 Å². The van der Waals surface area contributed by atoms with Crippen LogP contribution in [0.1, 0.15) is 94.5 Å². The van der Waals surface area contributed by atoms with Gasteiger partial charge in [0.05, 0.1) is 5.69 Å².